The molecule has 0 aliphatic rings. The summed E-state index contributed by atoms with van der Waals surface area (Å²) in [5.74, 6) is 1.03. The standard InChI is InChI=1S/C19H20F4O2/c1-2-11-24-16-7-3-14(4-8-16)12-15-5-9-17(10-6-15)25-13-18(20)19(21,22)23/h3-10,18H,2,11-13H2,1H3. The normalized spacial score (nSPS) is 12.7. The molecule has 2 aromatic rings. The molecule has 0 heterocycles. The van der Waals surface area contributed by atoms with Crippen molar-refractivity contribution in [1.82, 2.24) is 0 Å². The first kappa shape index (κ1) is 19.1. The summed E-state index contributed by atoms with van der Waals surface area (Å²) in [6.07, 6.45) is -6.27. The van der Waals surface area contributed by atoms with Gasteiger partial charge in [-0.25, -0.2) is 4.39 Å². The van der Waals surface area contributed by atoms with Crippen LogP contribution in [0.25, 0.3) is 0 Å². The van der Waals surface area contributed by atoms with E-state index in [0.29, 0.717) is 13.0 Å². The zero-order valence-corrected chi connectivity index (χ0v) is 13.9. The van der Waals surface area contributed by atoms with Crippen LogP contribution in [0.15, 0.2) is 48.5 Å². The van der Waals surface area contributed by atoms with Gasteiger partial charge < -0.3 is 9.47 Å². The van der Waals surface area contributed by atoms with E-state index in [1.54, 1.807) is 12.1 Å². The molecule has 2 nitrogen and oxygen atoms in total. The van der Waals surface area contributed by atoms with E-state index in [-0.39, 0.29) is 5.75 Å². The lowest BCUT2D eigenvalue weighted by Gasteiger charge is -2.13. The Balaban J connectivity index is 1.87. The number of ether oxygens (including phenoxy) is 2. The second kappa shape index (κ2) is 8.74. The second-order valence-corrected chi connectivity index (χ2v) is 5.63. The third-order valence-electron chi connectivity index (χ3n) is 3.48. The highest BCUT2D eigenvalue weighted by molar-refractivity contribution is 5.34. The fraction of sp³-hybridized carbons (Fsp3) is 0.368. The monoisotopic (exact) mass is 356 g/mol. The third-order valence-corrected chi connectivity index (χ3v) is 3.48. The van der Waals surface area contributed by atoms with E-state index in [1.165, 1.54) is 12.1 Å². The molecule has 25 heavy (non-hydrogen) atoms. The van der Waals surface area contributed by atoms with Gasteiger partial charge in [-0.05, 0) is 48.2 Å². The van der Waals surface area contributed by atoms with E-state index < -0.39 is 19.0 Å². The number of rotatable bonds is 8. The van der Waals surface area contributed by atoms with Crippen molar-refractivity contribution in [2.75, 3.05) is 13.2 Å². The Morgan fingerprint density at radius 1 is 0.840 bits per heavy atom. The highest BCUT2D eigenvalue weighted by Gasteiger charge is 2.40. The third kappa shape index (κ3) is 6.29. The maximum Gasteiger partial charge on any atom is 0.423 e. The van der Waals surface area contributed by atoms with Crippen LogP contribution in [0.1, 0.15) is 24.5 Å². The van der Waals surface area contributed by atoms with Crippen molar-refractivity contribution in [2.24, 2.45) is 0 Å². The van der Waals surface area contributed by atoms with Gasteiger partial charge >= 0.3 is 6.18 Å². The van der Waals surface area contributed by atoms with Gasteiger partial charge in [0.15, 0.2) is 0 Å². The van der Waals surface area contributed by atoms with Gasteiger partial charge in [-0.1, -0.05) is 31.2 Å². The molecule has 0 aromatic heterocycles. The molecule has 0 N–H and O–H groups in total. The van der Waals surface area contributed by atoms with Crippen molar-refractivity contribution in [3.05, 3.63) is 59.7 Å². The minimum absolute atomic E-state index is 0.207. The zero-order chi connectivity index (χ0) is 18.3. The predicted molar refractivity (Wildman–Crippen MR) is 87.9 cm³/mol. The molecule has 1 atom stereocenters. The summed E-state index contributed by atoms with van der Waals surface area (Å²) in [6, 6.07) is 14.3. The summed E-state index contributed by atoms with van der Waals surface area (Å²) in [5, 5.41) is 0. The van der Waals surface area contributed by atoms with Crippen LogP contribution in [0, 0.1) is 0 Å². The van der Waals surface area contributed by atoms with E-state index >= 15 is 0 Å². The van der Waals surface area contributed by atoms with Crippen LogP contribution in [0.4, 0.5) is 17.6 Å². The van der Waals surface area contributed by atoms with E-state index in [2.05, 4.69) is 0 Å². The largest absolute Gasteiger partial charge is 0.494 e. The van der Waals surface area contributed by atoms with Crippen molar-refractivity contribution < 1.29 is 27.0 Å². The van der Waals surface area contributed by atoms with E-state index in [9.17, 15) is 17.6 Å². The van der Waals surface area contributed by atoms with Crippen LogP contribution in [-0.4, -0.2) is 25.6 Å². The van der Waals surface area contributed by atoms with Crippen molar-refractivity contribution in [2.45, 2.75) is 32.1 Å². The molecule has 2 aromatic carbocycles. The predicted octanol–water partition coefficient (Wildman–Crippen LogP) is 5.35. The van der Waals surface area contributed by atoms with E-state index in [0.717, 1.165) is 23.3 Å². The molecule has 1 unspecified atom stereocenters. The lowest BCUT2D eigenvalue weighted by atomic mass is 10.0. The van der Waals surface area contributed by atoms with Gasteiger partial charge in [-0.2, -0.15) is 13.2 Å². The van der Waals surface area contributed by atoms with E-state index in [4.69, 9.17) is 9.47 Å². The van der Waals surface area contributed by atoms with Crippen LogP contribution >= 0.6 is 0 Å². The van der Waals surface area contributed by atoms with Gasteiger partial charge in [0.2, 0.25) is 6.17 Å². The number of alkyl halides is 4. The van der Waals surface area contributed by atoms with Crippen molar-refractivity contribution in [3.63, 3.8) is 0 Å². The highest BCUT2D eigenvalue weighted by atomic mass is 19.4. The van der Waals surface area contributed by atoms with Gasteiger partial charge in [0.1, 0.15) is 18.1 Å². The summed E-state index contributed by atoms with van der Waals surface area (Å²) in [6.45, 7) is 1.68. The average Bonchev–Trinajstić information content (AvgIpc) is 2.59. The molecule has 2 rings (SSSR count). The van der Waals surface area contributed by atoms with Crippen LogP contribution in [0.2, 0.25) is 0 Å². The SMILES string of the molecule is CCCOc1ccc(Cc2ccc(OCC(F)C(F)(F)F)cc2)cc1. The molecule has 0 spiro atoms. The summed E-state index contributed by atoms with van der Waals surface area (Å²) < 4.78 is 59.4. The molecule has 0 aliphatic carbocycles. The van der Waals surface area contributed by atoms with Crippen molar-refractivity contribution >= 4 is 0 Å². The first-order valence-electron chi connectivity index (χ1n) is 8.02. The maximum absolute atomic E-state index is 12.8. The van der Waals surface area contributed by atoms with Gasteiger partial charge in [0, 0.05) is 0 Å². The highest BCUT2D eigenvalue weighted by Crippen LogP contribution is 2.24. The molecule has 136 valence electrons. The lowest BCUT2D eigenvalue weighted by molar-refractivity contribution is -0.187. The Labute approximate surface area is 144 Å². The fourth-order valence-electron chi connectivity index (χ4n) is 2.13. The minimum atomic E-state index is -4.90. The Hall–Kier alpha value is -2.24. The topological polar surface area (TPSA) is 18.5 Å². The fourth-order valence-corrected chi connectivity index (χ4v) is 2.13. The number of hydrogen-bond donors (Lipinski definition) is 0. The van der Waals surface area contributed by atoms with E-state index in [1.807, 2.05) is 31.2 Å². The maximum atomic E-state index is 12.8. The van der Waals surface area contributed by atoms with Gasteiger partial charge in [0.25, 0.3) is 0 Å². The van der Waals surface area contributed by atoms with Crippen molar-refractivity contribution in [1.29, 1.82) is 0 Å². The first-order chi connectivity index (χ1) is 11.9. The molecule has 0 aliphatic heterocycles. The van der Waals surface area contributed by atoms with Crippen LogP contribution < -0.4 is 9.47 Å². The lowest BCUT2D eigenvalue weighted by Crippen LogP contribution is -2.30. The van der Waals surface area contributed by atoms with Gasteiger partial charge in [0.05, 0.1) is 6.61 Å². The molecule has 0 saturated heterocycles. The van der Waals surface area contributed by atoms with Gasteiger partial charge in [-0.3, -0.25) is 0 Å². The Morgan fingerprint density at radius 2 is 1.32 bits per heavy atom. The smallest absolute Gasteiger partial charge is 0.423 e. The average molecular weight is 356 g/mol. The molecular weight excluding hydrogens is 336 g/mol. The summed E-state index contributed by atoms with van der Waals surface area (Å²) in [5.41, 5.74) is 2.06. The molecule has 0 fully saturated rings. The Morgan fingerprint density at radius 3 is 1.76 bits per heavy atom. The Kier molecular flexibility index (Phi) is 6.67. The van der Waals surface area contributed by atoms with Crippen LogP contribution in [-0.2, 0) is 6.42 Å². The molecular formula is C19H20F4O2. The number of halogens is 4. The second-order valence-electron chi connectivity index (χ2n) is 5.63. The Bertz CT molecular complexity index is 636. The molecule has 6 heteroatoms. The van der Waals surface area contributed by atoms with Crippen LogP contribution in [0.3, 0.4) is 0 Å². The minimum Gasteiger partial charge on any atom is -0.494 e. The molecule has 0 saturated carbocycles. The molecule has 0 amide bonds. The quantitative estimate of drug-likeness (QED) is 0.594. The van der Waals surface area contributed by atoms with Crippen molar-refractivity contribution in [3.8, 4) is 11.5 Å². The van der Waals surface area contributed by atoms with Gasteiger partial charge in [-0.15, -0.1) is 0 Å². The van der Waals surface area contributed by atoms with Crippen LogP contribution in [0.5, 0.6) is 11.5 Å². The number of hydrogen-bond acceptors (Lipinski definition) is 2. The molecule has 0 bridgehead atoms. The first-order valence-corrected chi connectivity index (χ1v) is 8.02. The molecule has 0 radical (unpaired) electrons. The summed E-state index contributed by atoms with van der Waals surface area (Å²) in [4.78, 5) is 0. The summed E-state index contributed by atoms with van der Waals surface area (Å²) >= 11 is 0. The number of benzene rings is 2. The zero-order valence-electron chi connectivity index (χ0n) is 13.9. The summed E-state index contributed by atoms with van der Waals surface area (Å²) in [7, 11) is 0.